The largest absolute Gasteiger partial charge is 0.368 e. The topological polar surface area (TPSA) is 51.2 Å². The maximum Gasteiger partial charge on any atom is 0.243 e. The molecule has 0 unspecified atom stereocenters. The number of nitrogens with one attached hydrogen (secondary N) is 1. The van der Waals surface area contributed by atoms with E-state index in [0.717, 1.165) is 42.8 Å². The number of benzene rings is 1. The van der Waals surface area contributed by atoms with E-state index in [9.17, 15) is 4.79 Å². The lowest BCUT2D eigenvalue weighted by Gasteiger charge is -2.37. The fourth-order valence-corrected chi connectivity index (χ4v) is 2.75. The molecule has 0 aromatic heterocycles. The molecular formula is C18H26ClN5O. The van der Waals surface area contributed by atoms with Crippen LogP contribution in [0, 0.1) is 0 Å². The smallest absolute Gasteiger partial charge is 0.243 e. The number of guanidine groups is 1. The summed E-state index contributed by atoms with van der Waals surface area (Å²) < 4.78 is 0. The van der Waals surface area contributed by atoms with Gasteiger partial charge in [0.05, 0.1) is 0 Å². The van der Waals surface area contributed by atoms with Gasteiger partial charge in [0.2, 0.25) is 5.91 Å². The molecule has 1 aromatic rings. The zero-order valence-electron chi connectivity index (χ0n) is 14.9. The highest BCUT2D eigenvalue weighted by Gasteiger charge is 2.20. The van der Waals surface area contributed by atoms with Crippen molar-refractivity contribution in [2.75, 3.05) is 58.3 Å². The minimum Gasteiger partial charge on any atom is -0.368 e. The second kappa shape index (κ2) is 9.32. The van der Waals surface area contributed by atoms with E-state index in [1.165, 1.54) is 0 Å². The van der Waals surface area contributed by atoms with E-state index in [1.807, 2.05) is 18.2 Å². The molecule has 2 rings (SSSR count). The van der Waals surface area contributed by atoms with Gasteiger partial charge in [-0.3, -0.25) is 4.79 Å². The van der Waals surface area contributed by atoms with Gasteiger partial charge in [-0.05, 0) is 18.2 Å². The van der Waals surface area contributed by atoms with Crippen LogP contribution < -0.4 is 10.2 Å². The standard InChI is InChI=1S/C18H26ClN5O/c1-4-8-20-18(21-14-17(25)22(2)3)24-11-9-23(10-12-24)16-7-5-6-15(19)13-16/h4-7,13H,1,8-12,14H2,2-3H3,(H,20,21). The zero-order valence-corrected chi connectivity index (χ0v) is 15.7. The molecule has 1 heterocycles. The lowest BCUT2D eigenvalue weighted by atomic mass is 10.2. The minimum absolute atomic E-state index is 0.0181. The highest BCUT2D eigenvalue weighted by molar-refractivity contribution is 6.30. The van der Waals surface area contributed by atoms with Gasteiger partial charge in [-0.25, -0.2) is 4.99 Å². The van der Waals surface area contributed by atoms with Gasteiger partial charge in [-0.1, -0.05) is 23.7 Å². The van der Waals surface area contributed by atoms with E-state index in [2.05, 4.69) is 32.8 Å². The van der Waals surface area contributed by atoms with Crippen LogP contribution in [0.5, 0.6) is 0 Å². The van der Waals surface area contributed by atoms with Crippen molar-refractivity contribution in [1.82, 2.24) is 15.1 Å². The third-order valence-corrected chi connectivity index (χ3v) is 4.26. The quantitative estimate of drug-likeness (QED) is 0.491. The van der Waals surface area contributed by atoms with Crippen LogP contribution in [0.4, 0.5) is 5.69 Å². The first-order valence-corrected chi connectivity index (χ1v) is 8.74. The fraction of sp³-hybridized carbons (Fsp3) is 0.444. The molecule has 6 nitrogen and oxygen atoms in total. The number of carbonyl (C=O) groups excluding carboxylic acids is 1. The molecule has 0 bridgehead atoms. The van der Waals surface area contributed by atoms with Gasteiger partial charge in [-0.15, -0.1) is 6.58 Å². The van der Waals surface area contributed by atoms with Gasteiger partial charge in [0.25, 0.3) is 0 Å². The van der Waals surface area contributed by atoms with Gasteiger partial charge < -0.3 is 20.0 Å². The van der Waals surface area contributed by atoms with Gasteiger partial charge in [-0.2, -0.15) is 0 Å². The molecule has 0 spiro atoms. The molecule has 1 saturated heterocycles. The Morgan fingerprint density at radius 3 is 2.68 bits per heavy atom. The van der Waals surface area contributed by atoms with Crippen molar-refractivity contribution in [3.05, 3.63) is 41.9 Å². The Bertz CT molecular complexity index is 624. The Morgan fingerprint density at radius 2 is 2.08 bits per heavy atom. The SMILES string of the molecule is C=CCNC(=NCC(=O)N(C)C)N1CCN(c2cccc(Cl)c2)CC1. The number of likely N-dealkylation sites (N-methyl/N-ethyl adjacent to an activating group) is 1. The van der Waals surface area contributed by atoms with Crippen LogP contribution in [0.15, 0.2) is 41.9 Å². The maximum absolute atomic E-state index is 11.8. The highest BCUT2D eigenvalue weighted by Crippen LogP contribution is 2.20. The maximum atomic E-state index is 11.8. The average Bonchev–Trinajstić information content (AvgIpc) is 2.61. The molecule has 1 N–H and O–H groups in total. The summed E-state index contributed by atoms with van der Waals surface area (Å²) in [5.74, 6) is 0.733. The normalized spacial score (nSPS) is 15.1. The van der Waals surface area contributed by atoms with Crippen LogP contribution >= 0.6 is 11.6 Å². The number of hydrogen-bond donors (Lipinski definition) is 1. The van der Waals surface area contributed by atoms with E-state index in [4.69, 9.17) is 11.6 Å². The van der Waals surface area contributed by atoms with Crippen LogP contribution in [0.1, 0.15) is 0 Å². The summed E-state index contributed by atoms with van der Waals surface area (Å²) in [4.78, 5) is 22.3. The number of nitrogens with zero attached hydrogens (tertiary/aromatic N) is 4. The number of carbonyl (C=O) groups is 1. The summed E-state index contributed by atoms with van der Waals surface area (Å²) in [6, 6.07) is 7.91. The molecule has 1 amide bonds. The van der Waals surface area contributed by atoms with Gasteiger partial charge >= 0.3 is 0 Å². The Labute approximate surface area is 154 Å². The summed E-state index contributed by atoms with van der Waals surface area (Å²) >= 11 is 6.09. The van der Waals surface area contributed by atoms with Crippen molar-refractivity contribution in [1.29, 1.82) is 0 Å². The van der Waals surface area contributed by atoms with Crippen molar-refractivity contribution in [2.45, 2.75) is 0 Å². The number of halogens is 1. The Morgan fingerprint density at radius 1 is 1.36 bits per heavy atom. The van der Waals surface area contributed by atoms with E-state index in [1.54, 1.807) is 25.1 Å². The van der Waals surface area contributed by atoms with E-state index < -0.39 is 0 Å². The zero-order chi connectivity index (χ0) is 18.2. The molecular weight excluding hydrogens is 338 g/mol. The second-order valence-electron chi connectivity index (χ2n) is 6.05. The fourth-order valence-electron chi connectivity index (χ4n) is 2.56. The first kappa shape index (κ1) is 19.1. The molecule has 1 aliphatic rings. The predicted octanol–water partition coefficient (Wildman–Crippen LogP) is 1.68. The molecule has 136 valence electrons. The van der Waals surface area contributed by atoms with Gasteiger partial charge in [0, 0.05) is 57.5 Å². The number of aliphatic imine (C=N–C) groups is 1. The van der Waals surface area contributed by atoms with Crippen LogP contribution in [0.3, 0.4) is 0 Å². The lowest BCUT2D eigenvalue weighted by Crippen LogP contribution is -2.52. The Hall–Kier alpha value is -2.21. The highest BCUT2D eigenvalue weighted by atomic mass is 35.5. The Kier molecular flexibility index (Phi) is 7.13. The van der Waals surface area contributed by atoms with E-state index in [0.29, 0.717) is 6.54 Å². The first-order chi connectivity index (χ1) is 12.0. The van der Waals surface area contributed by atoms with Crippen molar-refractivity contribution < 1.29 is 4.79 Å². The number of anilines is 1. The number of amides is 1. The number of piperazine rings is 1. The second-order valence-corrected chi connectivity index (χ2v) is 6.49. The third kappa shape index (κ3) is 5.67. The summed E-state index contributed by atoms with van der Waals surface area (Å²) in [5.41, 5.74) is 1.13. The molecule has 1 aliphatic heterocycles. The molecule has 0 radical (unpaired) electrons. The van der Waals surface area contributed by atoms with Crippen LogP contribution in [-0.2, 0) is 4.79 Å². The van der Waals surface area contributed by atoms with Crippen molar-refractivity contribution in [3.8, 4) is 0 Å². The van der Waals surface area contributed by atoms with Crippen LogP contribution in [-0.4, -0.2) is 75.0 Å². The van der Waals surface area contributed by atoms with E-state index in [-0.39, 0.29) is 12.5 Å². The molecule has 7 heteroatoms. The summed E-state index contributed by atoms with van der Waals surface area (Å²) in [5, 5.41) is 3.99. The van der Waals surface area contributed by atoms with Crippen LogP contribution in [0.25, 0.3) is 0 Å². The van der Waals surface area contributed by atoms with Crippen molar-refractivity contribution in [2.24, 2.45) is 4.99 Å². The van der Waals surface area contributed by atoms with Crippen LogP contribution in [0.2, 0.25) is 5.02 Å². The number of rotatable bonds is 5. The molecule has 0 atom stereocenters. The number of hydrogen-bond acceptors (Lipinski definition) is 3. The predicted molar refractivity (Wildman–Crippen MR) is 104 cm³/mol. The van der Waals surface area contributed by atoms with Crippen molar-refractivity contribution in [3.63, 3.8) is 0 Å². The third-order valence-electron chi connectivity index (χ3n) is 4.02. The average molecular weight is 364 g/mol. The molecule has 25 heavy (non-hydrogen) atoms. The van der Waals surface area contributed by atoms with Gasteiger partial charge in [0.15, 0.2) is 5.96 Å². The monoisotopic (exact) mass is 363 g/mol. The van der Waals surface area contributed by atoms with Crippen molar-refractivity contribution >= 4 is 29.2 Å². The minimum atomic E-state index is -0.0181. The lowest BCUT2D eigenvalue weighted by molar-refractivity contribution is -0.127. The molecule has 0 aliphatic carbocycles. The Balaban J connectivity index is 1.99. The van der Waals surface area contributed by atoms with Gasteiger partial charge in [0.1, 0.15) is 6.54 Å². The molecule has 0 saturated carbocycles. The first-order valence-electron chi connectivity index (χ1n) is 8.36. The summed E-state index contributed by atoms with van der Waals surface area (Å²) in [7, 11) is 3.47. The summed E-state index contributed by atoms with van der Waals surface area (Å²) in [6.45, 7) is 7.88. The molecule has 1 aromatic carbocycles. The summed E-state index contributed by atoms with van der Waals surface area (Å²) in [6.07, 6.45) is 1.78. The van der Waals surface area contributed by atoms with E-state index >= 15 is 0 Å². The molecule has 1 fully saturated rings.